The van der Waals surface area contributed by atoms with Crippen LogP contribution in [0.25, 0.3) is 0 Å². The SMILES string of the molecule is CCNC(=NCCC(F)(F)F)NCCC(=O)Nc1ccc(C)cc1Cl. The molecule has 0 aromatic heterocycles. The average Bonchev–Trinajstić information content (AvgIpc) is 2.49. The molecule has 0 fully saturated rings. The van der Waals surface area contributed by atoms with Gasteiger partial charge in [0.25, 0.3) is 0 Å². The van der Waals surface area contributed by atoms with Crippen molar-refractivity contribution < 1.29 is 18.0 Å². The van der Waals surface area contributed by atoms with Gasteiger partial charge in [0.1, 0.15) is 0 Å². The van der Waals surface area contributed by atoms with Crippen LogP contribution in [0.5, 0.6) is 0 Å². The Bertz CT molecular complexity index is 606. The lowest BCUT2D eigenvalue weighted by Crippen LogP contribution is -2.39. The lowest BCUT2D eigenvalue weighted by Gasteiger charge is -2.12. The normalized spacial score (nSPS) is 12.0. The largest absolute Gasteiger partial charge is 0.390 e. The first kappa shape index (κ1) is 21.1. The maximum Gasteiger partial charge on any atom is 0.390 e. The number of alkyl halides is 3. The van der Waals surface area contributed by atoms with Crippen molar-refractivity contribution in [2.45, 2.75) is 32.9 Å². The lowest BCUT2D eigenvalue weighted by atomic mass is 10.2. The van der Waals surface area contributed by atoms with Crippen molar-refractivity contribution in [2.24, 2.45) is 4.99 Å². The summed E-state index contributed by atoms with van der Waals surface area (Å²) in [7, 11) is 0. The smallest absolute Gasteiger partial charge is 0.357 e. The number of guanidine groups is 1. The molecule has 9 heteroatoms. The number of nitrogens with zero attached hydrogens (tertiary/aromatic N) is 1. The van der Waals surface area contributed by atoms with Gasteiger partial charge >= 0.3 is 6.18 Å². The molecule has 25 heavy (non-hydrogen) atoms. The zero-order chi connectivity index (χ0) is 18.9. The molecule has 0 unspecified atom stereocenters. The number of carbonyl (C=O) groups excluding carboxylic acids is 1. The van der Waals surface area contributed by atoms with Crippen LogP contribution in [0, 0.1) is 6.92 Å². The van der Waals surface area contributed by atoms with Gasteiger partial charge in [-0.3, -0.25) is 9.79 Å². The first-order valence-electron chi connectivity index (χ1n) is 7.86. The van der Waals surface area contributed by atoms with E-state index in [2.05, 4.69) is 20.9 Å². The van der Waals surface area contributed by atoms with Gasteiger partial charge in [-0.25, -0.2) is 0 Å². The van der Waals surface area contributed by atoms with Crippen molar-refractivity contribution in [1.29, 1.82) is 0 Å². The van der Waals surface area contributed by atoms with Gasteiger partial charge in [-0.15, -0.1) is 0 Å². The van der Waals surface area contributed by atoms with Gasteiger partial charge < -0.3 is 16.0 Å². The summed E-state index contributed by atoms with van der Waals surface area (Å²) < 4.78 is 36.4. The third-order valence-electron chi connectivity index (χ3n) is 3.05. The lowest BCUT2D eigenvalue weighted by molar-refractivity contribution is -0.132. The molecule has 1 aromatic rings. The zero-order valence-corrected chi connectivity index (χ0v) is 14.9. The van der Waals surface area contributed by atoms with Crippen LogP contribution in [0.3, 0.4) is 0 Å². The van der Waals surface area contributed by atoms with Gasteiger partial charge in [0.05, 0.1) is 23.7 Å². The Balaban J connectivity index is 2.43. The van der Waals surface area contributed by atoms with E-state index in [-0.39, 0.29) is 31.4 Å². The molecule has 0 aliphatic heterocycles. The van der Waals surface area contributed by atoms with Crippen LogP contribution in [-0.4, -0.2) is 37.7 Å². The molecule has 0 saturated carbocycles. The predicted molar refractivity (Wildman–Crippen MR) is 94.1 cm³/mol. The van der Waals surface area contributed by atoms with Crippen LogP contribution in [-0.2, 0) is 4.79 Å². The summed E-state index contributed by atoms with van der Waals surface area (Å²) in [6, 6.07) is 5.29. The van der Waals surface area contributed by atoms with E-state index in [1.165, 1.54) is 0 Å². The Morgan fingerprint density at radius 1 is 1.28 bits per heavy atom. The predicted octanol–water partition coefficient (Wildman–Crippen LogP) is 3.48. The second-order valence-electron chi connectivity index (χ2n) is 5.33. The van der Waals surface area contributed by atoms with Gasteiger partial charge in [-0.2, -0.15) is 13.2 Å². The van der Waals surface area contributed by atoms with Gasteiger partial charge in [0, 0.05) is 19.5 Å². The van der Waals surface area contributed by atoms with Crippen molar-refractivity contribution in [3.05, 3.63) is 28.8 Å². The molecule has 0 aliphatic carbocycles. The van der Waals surface area contributed by atoms with Gasteiger partial charge in [0.15, 0.2) is 5.96 Å². The number of benzene rings is 1. The van der Waals surface area contributed by atoms with Crippen molar-refractivity contribution in [3.63, 3.8) is 0 Å². The molecule has 0 saturated heterocycles. The number of halogens is 4. The minimum absolute atomic E-state index is 0.119. The Labute approximate surface area is 150 Å². The van der Waals surface area contributed by atoms with E-state index in [4.69, 9.17) is 11.6 Å². The fourth-order valence-electron chi connectivity index (χ4n) is 1.86. The van der Waals surface area contributed by atoms with Crippen LogP contribution in [0.4, 0.5) is 18.9 Å². The fraction of sp³-hybridized carbons (Fsp3) is 0.500. The number of anilines is 1. The molecule has 0 spiro atoms. The van der Waals surface area contributed by atoms with E-state index in [1.807, 2.05) is 13.0 Å². The van der Waals surface area contributed by atoms with Crippen LogP contribution < -0.4 is 16.0 Å². The molecule has 0 heterocycles. The summed E-state index contributed by atoms with van der Waals surface area (Å²) in [6.45, 7) is 4.05. The number of rotatable bonds is 7. The molecule has 0 radical (unpaired) electrons. The van der Waals surface area contributed by atoms with Crippen LogP contribution in [0.15, 0.2) is 23.2 Å². The Kier molecular flexibility index (Phi) is 8.54. The van der Waals surface area contributed by atoms with Crippen molar-refractivity contribution in [3.8, 4) is 0 Å². The highest BCUT2D eigenvalue weighted by molar-refractivity contribution is 6.33. The van der Waals surface area contributed by atoms with E-state index >= 15 is 0 Å². The molecule has 0 atom stereocenters. The van der Waals surface area contributed by atoms with E-state index in [9.17, 15) is 18.0 Å². The van der Waals surface area contributed by atoms with E-state index in [1.54, 1.807) is 19.1 Å². The summed E-state index contributed by atoms with van der Waals surface area (Å²) >= 11 is 6.04. The maximum atomic E-state index is 12.1. The first-order chi connectivity index (χ1) is 11.7. The monoisotopic (exact) mass is 378 g/mol. The molecule has 3 N–H and O–H groups in total. The third kappa shape index (κ3) is 9.19. The zero-order valence-electron chi connectivity index (χ0n) is 14.1. The summed E-state index contributed by atoms with van der Waals surface area (Å²) in [4.78, 5) is 15.7. The number of carbonyl (C=O) groups is 1. The first-order valence-corrected chi connectivity index (χ1v) is 8.24. The molecule has 1 rings (SSSR count). The number of hydrogen-bond acceptors (Lipinski definition) is 2. The summed E-state index contributed by atoms with van der Waals surface area (Å²) in [5.74, 6) is -0.0164. The molecular weight excluding hydrogens is 357 g/mol. The summed E-state index contributed by atoms with van der Waals surface area (Å²) in [5.41, 5.74) is 1.50. The van der Waals surface area contributed by atoms with Gasteiger partial charge in [-0.1, -0.05) is 17.7 Å². The number of aryl methyl sites for hydroxylation is 1. The molecular formula is C16H22ClF3N4O. The van der Waals surface area contributed by atoms with Crippen LogP contribution in [0.2, 0.25) is 5.02 Å². The molecule has 140 valence electrons. The van der Waals surface area contributed by atoms with Gasteiger partial charge in [0.2, 0.25) is 5.91 Å². The Hall–Kier alpha value is -1.96. The average molecular weight is 379 g/mol. The van der Waals surface area contributed by atoms with E-state index in [0.29, 0.717) is 17.3 Å². The molecule has 1 aromatic carbocycles. The van der Waals surface area contributed by atoms with Crippen molar-refractivity contribution in [1.82, 2.24) is 10.6 Å². The quantitative estimate of drug-likeness (QED) is 0.502. The van der Waals surface area contributed by atoms with Crippen LogP contribution in [0.1, 0.15) is 25.3 Å². The molecule has 1 amide bonds. The summed E-state index contributed by atoms with van der Waals surface area (Å²) in [6.07, 6.45) is -5.11. The molecule has 5 nitrogen and oxygen atoms in total. The fourth-order valence-corrected chi connectivity index (χ4v) is 2.15. The number of nitrogens with one attached hydrogen (secondary N) is 3. The minimum Gasteiger partial charge on any atom is -0.357 e. The van der Waals surface area contributed by atoms with E-state index < -0.39 is 12.6 Å². The Morgan fingerprint density at radius 3 is 2.60 bits per heavy atom. The van der Waals surface area contributed by atoms with Crippen LogP contribution >= 0.6 is 11.6 Å². The van der Waals surface area contributed by atoms with Crippen molar-refractivity contribution >= 4 is 29.2 Å². The number of aliphatic imine (C=N–C) groups is 1. The minimum atomic E-state index is -4.24. The highest BCUT2D eigenvalue weighted by Gasteiger charge is 2.26. The second-order valence-corrected chi connectivity index (χ2v) is 5.74. The standard InChI is InChI=1S/C16H22ClF3N4O/c1-3-21-15(23-9-7-16(18,19)20)22-8-6-14(25)24-13-5-4-11(2)10-12(13)17/h4-5,10H,3,6-9H2,1-2H3,(H,24,25)(H2,21,22,23). The highest BCUT2D eigenvalue weighted by Crippen LogP contribution is 2.22. The van der Waals surface area contributed by atoms with Crippen molar-refractivity contribution in [2.75, 3.05) is 25.0 Å². The number of hydrogen-bond donors (Lipinski definition) is 3. The van der Waals surface area contributed by atoms with Gasteiger partial charge in [-0.05, 0) is 31.5 Å². The second kappa shape index (κ2) is 10.1. The topological polar surface area (TPSA) is 65.5 Å². The summed E-state index contributed by atoms with van der Waals surface area (Å²) in [5, 5.41) is 8.79. The maximum absolute atomic E-state index is 12.1. The molecule has 0 aliphatic rings. The highest BCUT2D eigenvalue weighted by atomic mass is 35.5. The number of amides is 1. The Morgan fingerprint density at radius 2 is 2.00 bits per heavy atom. The third-order valence-corrected chi connectivity index (χ3v) is 3.37. The van der Waals surface area contributed by atoms with E-state index in [0.717, 1.165) is 5.56 Å². The molecule has 0 bridgehead atoms.